The number of aromatic nitrogens is 2. The van der Waals surface area contributed by atoms with E-state index in [2.05, 4.69) is 26.9 Å². The van der Waals surface area contributed by atoms with Gasteiger partial charge >= 0.3 is 0 Å². The molecule has 0 aromatic carbocycles. The lowest BCUT2D eigenvalue weighted by atomic mass is 10.1. The highest BCUT2D eigenvalue weighted by Gasteiger charge is 2.23. The Morgan fingerprint density at radius 1 is 1.28 bits per heavy atom. The molecule has 0 fully saturated rings. The first-order valence-corrected chi connectivity index (χ1v) is 10.7. The first kappa shape index (κ1) is 18.2. The molecule has 0 saturated carbocycles. The molecule has 1 aliphatic rings. The third-order valence-electron chi connectivity index (χ3n) is 4.04. The summed E-state index contributed by atoms with van der Waals surface area (Å²) in [5.41, 5.74) is 1.80. The molecule has 0 saturated heterocycles. The molecule has 1 amide bonds. The Hall–Kier alpha value is -1.63. The van der Waals surface area contributed by atoms with Crippen LogP contribution in [-0.4, -0.2) is 28.4 Å². The normalized spacial score (nSPS) is 14.9. The van der Waals surface area contributed by atoms with Crippen LogP contribution in [0.15, 0.2) is 4.34 Å². The Morgan fingerprint density at radius 3 is 2.80 bits per heavy atom. The number of amides is 1. The lowest BCUT2D eigenvalue weighted by molar-refractivity contribution is -0.115. The fourth-order valence-electron chi connectivity index (χ4n) is 2.73. The zero-order valence-electron chi connectivity index (χ0n) is 14.1. The van der Waals surface area contributed by atoms with Gasteiger partial charge in [-0.2, -0.15) is 5.26 Å². The van der Waals surface area contributed by atoms with E-state index >= 15 is 0 Å². The predicted molar refractivity (Wildman–Crippen MR) is 104 cm³/mol. The van der Waals surface area contributed by atoms with Gasteiger partial charge in [-0.25, -0.2) is 0 Å². The number of thiophene rings is 1. The van der Waals surface area contributed by atoms with E-state index in [-0.39, 0.29) is 11.2 Å². The van der Waals surface area contributed by atoms with E-state index in [0.717, 1.165) is 40.7 Å². The molecule has 0 unspecified atom stereocenters. The zero-order valence-corrected chi connectivity index (χ0v) is 16.5. The summed E-state index contributed by atoms with van der Waals surface area (Å²) >= 11 is 4.35. The second-order valence-corrected chi connectivity index (χ2v) is 9.42. The number of thioether (sulfide) groups is 1. The summed E-state index contributed by atoms with van der Waals surface area (Å²) in [7, 11) is 1.79. The van der Waals surface area contributed by atoms with Gasteiger partial charge in [-0.1, -0.05) is 29.5 Å². The van der Waals surface area contributed by atoms with Crippen molar-refractivity contribution in [1.82, 2.24) is 10.2 Å². The molecule has 0 radical (unpaired) electrons. The van der Waals surface area contributed by atoms with E-state index < -0.39 is 0 Å². The number of anilines is 2. The lowest BCUT2D eigenvalue weighted by Crippen LogP contribution is -2.22. The van der Waals surface area contributed by atoms with Crippen molar-refractivity contribution in [2.24, 2.45) is 0 Å². The quantitative estimate of drug-likeness (QED) is 0.591. The molecule has 3 rings (SSSR count). The highest BCUT2D eigenvalue weighted by atomic mass is 32.2. The number of nitriles is 1. The van der Waals surface area contributed by atoms with Gasteiger partial charge in [0.2, 0.25) is 11.0 Å². The van der Waals surface area contributed by atoms with Gasteiger partial charge < -0.3 is 10.6 Å². The maximum Gasteiger partial charge on any atom is 0.238 e. The summed E-state index contributed by atoms with van der Waals surface area (Å²) < 4.78 is 0.745. The van der Waals surface area contributed by atoms with E-state index in [1.165, 1.54) is 34.4 Å². The Morgan fingerprint density at radius 2 is 2.08 bits per heavy atom. The second-order valence-electron chi connectivity index (χ2n) is 5.75. The Balaban J connectivity index is 1.71. The number of nitrogens with zero attached hydrogens (tertiary/aromatic N) is 3. The third-order valence-corrected chi connectivity index (χ3v) is 7.37. The number of rotatable bonds is 5. The van der Waals surface area contributed by atoms with Crippen LogP contribution in [-0.2, 0) is 17.6 Å². The summed E-state index contributed by atoms with van der Waals surface area (Å²) in [5.74, 6) is -0.112. The van der Waals surface area contributed by atoms with Crippen molar-refractivity contribution >= 4 is 50.5 Å². The van der Waals surface area contributed by atoms with E-state index in [9.17, 15) is 10.1 Å². The Labute approximate surface area is 159 Å². The molecule has 1 atom stereocenters. The van der Waals surface area contributed by atoms with Crippen LogP contribution >= 0.6 is 34.4 Å². The maximum atomic E-state index is 12.5. The van der Waals surface area contributed by atoms with Crippen LogP contribution in [0.25, 0.3) is 0 Å². The van der Waals surface area contributed by atoms with E-state index in [1.54, 1.807) is 18.4 Å². The lowest BCUT2D eigenvalue weighted by Gasteiger charge is -2.09. The number of nitrogens with one attached hydrogen (secondary N) is 2. The van der Waals surface area contributed by atoms with Crippen LogP contribution in [0.1, 0.15) is 42.2 Å². The first-order valence-electron chi connectivity index (χ1n) is 8.15. The molecule has 25 heavy (non-hydrogen) atoms. The maximum absolute atomic E-state index is 12.5. The Kier molecular flexibility index (Phi) is 5.93. The summed E-state index contributed by atoms with van der Waals surface area (Å²) in [6.07, 6.45) is 5.42. The Bertz CT molecular complexity index is 807. The first-order chi connectivity index (χ1) is 12.1. The fourth-order valence-corrected chi connectivity index (χ4v) is 5.82. The molecule has 132 valence electrons. The summed E-state index contributed by atoms with van der Waals surface area (Å²) in [6.45, 7) is 1.84. The topological polar surface area (TPSA) is 90.7 Å². The van der Waals surface area contributed by atoms with Crippen LogP contribution in [0.4, 0.5) is 10.1 Å². The monoisotopic (exact) mass is 393 g/mol. The molecule has 2 aromatic heterocycles. The van der Waals surface area contributed by atoms with Crippen LogP contribution in [0.3, 0.4) is 0 Å². The molecule has 2 N–H and O–H groups in total. The molecule has 0 aliphatic heterocycles. The average Bonchev–Trinajstić information content (AvgIpc) is 3.11. The number of hydrogen-bond acceptors (Lipinski definition) is 8. The molecule has 1 aliphatic carbocycles. The average molecular weight is 394 g/mol. The number of carbonyl (C=O) groups excluding carboxylic acids is 1. The van der Waals surface area contributed by atoms with Crippen molar-refractivity contribution < 1.29 is 4.79 Å². The number of aryl methyl sites for hydroxylation is 1. The number of hydrogen-bond donors (Lipinski definition) is 2. The molecular formula is C16H19N5OS3. The second kappa shape index (κ2) is 8.17. The highest BCUT2D eigenvalue weighted by molar-refractivity contribution is 8.02. The molecular weight excluding hydrogens is 374 g/mol. The summed E-state index contributed by atoms with van der Waals surface area (Å²) in [4.78, 5) is 13.8. The van der Waals surface area contributed by atoms with Crippen molar-refractivity contribution in [1.29, 1.82) is 5.26 Å². The molecule has 0 spiro atoms. The fraction of sp³-hybridized carbons (Fsp3) is 0.500. The predicted octanol–water partition coefficient (Wildman–Crippen LogP) is 3.90. The molecule has 2 aromatic rings. The van der Waals surface area contributed by atoms with Crippen molar-refractivity contribution in [3.63, 3.8) is 0 Å². The highest BCUT2D eigenvalue weighted by Crippen LogP contribution is 2.37. The minimum Gasteiger partial charge on any atom is -0.363 e. The van der Waals surface area contributed by atoms with Crippen molar-refractivity contribution in [3.05, 3.63) is 16.0 Å². The SMILES string of the molecule is CNc1nnc(S[C@@H](C)C(=O)Nc2sc3c(c2C#N)CCCCC3)s1. The van der Waals surface area contributed by atoms with Gasteiger partial charge in [0.1, 0.15) is 11.1 Å². The number of carbonyl (C=O) groups is 1. The third kappa shape index (κ3) is 4.14. The van der Waals surface area contributed by atoms with E-state index in [4.69, 9.17) is 0 Å². The van der Waals surface area contributed by atoms with E-state index in [0.29, 0.717) is 10.6 Å². The van der Waals surface area contributed by atoms with Gasteiger partial charge in [-0.05, 0) is 38.2 Å². The van der Waals surface area contributed by atoms with Gasteiger partial charge in [-0.3, -0.25) is 4.79 Å². The van der Waals surface area contributed by atoms with Gasteiger partial charge in [0.05, 0.1) is 10.8 Å². The molecule has 6 nitrogen and oxygen atoms in total. The largest absolute Gasteiger partial charge is 0.363 e. The summed E-state index contributed by atoms with van der Waals surface area (Å²) in [5, 5.41) is 24.6. The minimum absolute atomic E-state index is 0.112. The van der Waals surface area contributed by atoms with Crippen molar-refractivity contribution in [2.75, 3.05) is 17.7 Å². The van der Waals surface area contributed by atoms with Crippen LogP contribution < -0.4 is 10.6 Å². The van der Waals surface area contributed by atoms with E-state index in [1.807, 2.05) is 6.92 Å². The number of fused-ring (bicyclic) bond motifs is 1. The smallest absolute Gasteiger partial charge is 0.238 e. The van der Waals surface area contributed by atoms with Gasteiger partial charge in [0.25, 0.3) is 0 Å². The van der Waals surface area contributed by atoms with Crippen molar-refractivity contribution in [2.45, 2.75) is 48.6 Å². The van der Waals surface area contributed by atoms with Crippen LogP contribution in [0, 0.1) is 11.3 Å². The molecule has 2 heterocycles. The molecule has 9 heteroatoms. The van der Waals surface area contributed by atoms with Crippen LogP contribution in [0.2, 0.25) is 0 Å². The standard InChI is InChI=1S/C16H19N5OS3/c1-9(23-16-21-20-15(18-2)25-16)13(22)19-14-11(8-17)10-6-4-3-5-7-12(10)24-14/h9H,3-7H2,1-2H3,(H,18,20)(H,19,22)/t9-/m0/s1. The van der Waals surface area contributed by atoms with Gasteiger partial charge in [-0.15, -0.1) is 21.5 Å². The zero-order chi connectivity index (χ0) is 17.8. The van der Waals surface area contributed by atoms with Crippen molar-refractivity contribution in [3.8, 4) is 6.07 Å². The van der Waals surface area contributed by atoms with Crippen LogP contribution in [0.5, 0.6) is 0 Å². The minimum atomic E-state index is -0.314. The summed E-state index contributed by atoms with van der Waals surface area (Å²) in [6, 6.07) is 2.30. The molecule has 0 bridgehead atoms. The van der Waals surface area contributed by atoms with Gasteiger partial charge in [0, 0.05) is 11.9 Å². The van der Waals surface area contributed by atoms with Gasteiger partial charge in [0.15, 0.2) is 4.34 Å².